The van der Waals surface area contributed by atoms with E-state index in [9.17, 15) is 4.79 Å². The molecule has 104 valence electrons. The van der Waals surface area contributed by atoms with E-state index in [0.717, 1.165) is 25.1 Å². The number of rotatable bonds is 3. The van der Waals surface area contributed by atoms with Crippen molar-refractivity contribution in [2.45, 2.75) is 25.8 Å². The van der Waals surface area contributed by atoms with Crippen molar-refractivity contribution in [1.29, 1.82) is 0 Å². The van der Waals surface area contributed by atoms with E-state index in [1.54, 1.807) is 12.4 Å². The van der Waals surface area contributed by atoms with Gasteiger partial charge < -0.3 is 10.6 Å². The summed E-state index contributed by atoms with van der Waals surface area (Å²) >= 11 is 1.82. The molecule has 4 nitrogen and oxygen atoms in total. The standard InChI is InChI=1S/C15H17N3OS/c1-10-4-5-14(20-10)13-3-2-8-18(13)12-6-7-17-9-11(12)15(16)19/h4-7,9,13H,2-3,8H2,1H3,(H2,16,19). The highest BCUT2D eigenvalue weighted by molar-refractivity contribution is 7.12. The van der Waals surface area contributed by atoms with Crippen LogP contribution in [0.15, 0.2) is 30.6 Å². The molecule has 3 rings (SSSR count). The van der Waals surface area contributed by atoms with Crippen LogP contribution in [0.5, 0.6) is 0 Å². The van der Waals surface area contributed by atoms with E-state index in [1.165, 1.54) is 9.75 Å². The van der Waals surface area contributed by atoms with Gasteiger partial charge in [0.1, 0.15) is 0 Å². The highest BCUT2D eigenvalue weighted by Crippen LogP contribution is 2.39. The molecule has 3 heterocycles. The van der Waals surface area contributed by atoms with Gasteiger partial charge in [-0.3, -0.25) is 9.78 Å². The Labute approximate surface area is 122 Å². The van der Waals surface area contributed by atoms with Crippen LogP contribution in [0.4, 0.5) is 5.69 Å². The first-order chi connectivity index (χ1) is 9.66. The van der Waals surface area contributed by atoms with Crippen LogP contribution >= 0.6 is 11.3 Å². The number of nitrogens with zero attached hydrogens (tertiary/aromatic N) is 2. The normalized spacial score (nSPS) is 18.4. The fourth-order valence-corrected chi connectivity index (χ4v) is 3.84. The summed E-state index contributed by atoms with van der Waals surface area (Å²) in [5.74, 6) is -0.416. The third kappa shape index (κ3) is 2.29. The first-order valence-corrected chi connectivity index (χ1v) is 7.55. The second-order valence-corrected chi connectivity index (χ2v) is 6.38. The molecule has 0 aromatic carbocycles. The van der Waals surface area contributed by atoms with Crippen molar-refractivity contribution in [3.05, 3.63) is 45.9 Å². The molecule has 2 aromatic rings. The molecular weight excluding hydrogens is 270 g/mol. The fourth-order valence-electron chi connectivity index (χ4n) is 2.81. The summed E-state index contributed by atoms with van der Waals surface area (Å²) in [5, 5.41) is 0. The van der Waals surface area contributed by atoms with E-state index in [2.05, 4.69) is 28.9 Å². The molecule has 2 N–H and O–H groups in total. The number of aromatic nitrogens is 1. The van der Waals surface area contributed by atoms with Crippen molar-refractivity contribution in [1.82, 2.24) is 4.98 Å². The summed E-state index contributed by atoms with van der Waals surface area (Å²) in [4.78, 5) is 20.6. The number of hydrogen-bond acceptors (Lipinski definition) is 4. The highest BCUT2D eigenvalue weighted by Gasteiger charge is 2.29. The second-order valence-electron chi connectivity index (χ2n) is 5.06. The summed E-state index contributed by atoms with van der Waals surface area (Å²) in [5.41, 5.74) is 6.88. The third-order valence-electron chi connectivity index (χ3n) is 3.72. The average molecular weight is 287 g/mol. The first kappa shape index (κ1) is 13.1. The lowest BCUT2D eigenvalue weighted by atomic mass is 10.1. The van der Waals surface area contributed by atoms with E-state index in [0.29, 0.717) is 11.6 Å². The Morgan fingerprint density at radius 3 is 3.00 bits per heavy atom. The SMILES string of the molecule is Cc1ccc(C2CCCN2c2ccncc2C(N)=O)s1. The maximum Gasteiger partial charge on any atom is 0.252 e. The molecular formula is C15H17N3OS. The number of primary amides is 1. The zero-order chi connectivity index (χ0) is 14.1. The fraction of sp³-hybridized carbons (Fsp3) is 0.333. The number of aryl methyl sites for hydroxylation is 1. The molecule has 0 aliphatic carbocycles. The van der Waals surface area contributed by atoms with Crippen LogP contribution in [0.1, 0.15) is 39.0 Å². The second kappa shape index (κ2) is 5.25. The van der Waals surface area contributed by atoms with Crippen LogP contribution in [0.25, 0.3) is 0 Å². The molecule has 5 heteroatoms. The Morgan fingerprint density at radius 2 is 2.30 bits per heavy atom. The summed E-state index contributed by atoms with van der Waals surface area (Å²) in [6.45, 7) is 3.07. The number of anilines is 1. The van der Waals surface area contributed by atoms with E-state index in [-0.39, 0.29) is 0 Å². The van der Waals surface area contributed by atoms with Crippen LogP contribution in [-0.4, -0.2) is 17.4 Å². The summed E-state index contributed by atoms with van der Waals surface area (Å²) in [6.07, 6.45) is 5.52. The number of nitrogens with two attached hydrogens (primary N) is 1. The van der Waals surface area contributed by atoms with Gasteiger partial charge in [0.2, 0.25) is 0 Å². The van der Waals surface area contributed by atoms with E-state index >= 15 is 0 Å². The number of carbonyl (C=O) groups excluding carboxylic acids is 1. The van der Waals surface area contributed by atoms with E-state index < -0.39 is 5.91 Å². The molecule has 1 saturated heterocycles. The minimum atomic E-state index is -0.416. The predicted octanol–water partition coefficient (Wildman–Crippen LogP) is 2.89. The Hall–Kier alpha value is -1.88. The first-order valence-electron chi connectivity index (χ1n) is 6.73. The maximum atomic E-state index is 11.6. The minimum absolute atomic E-state index is 0.342. The highest BCUT2D eigenvalue weighted by atomic mass is 32.1. The number of hydrogen-bond donors (Lipinski definition) is 1. The predicted molar refractivity (Wildman–Crippen MR) is 81.1 cm³/mol. The molecule has 20 heavy (non-hydrogen) atoms. The molecule has 1 amide bonds. The molecule has 2 aromatic heterocycles. The lowest BCUT2D eigenvalue weighted by Gasteiger charge is -2.27. The zero-order valence-electron chi connectivity index (χ0n) is 11.4. The number of carbonyl (C=O) groups is 1. The van der Waals surface area contributed by atoms with Crippen molar-refractivity contribution >= 4 is 22.9 Å². The lowest BCUT2D eigenvalue weighted by Crippen LogP contribution is -2.25. The van der Waals surface area contributed by atoms with Gasteiger partial charge in [-0.2, -0.15) is 0 Å². The number of thiophene rings is 1. The molecule has 0 bridgehead atoms. The minimum Gasteiger partial charge on any atom is -0.365 e. The quantitative estimate of drug-likeness (QED) is 0.944. The molecule has 0 spiro atoms. The summed E-state index contributed by atoms with van der Waals surface area (Å²) in [7, 11) is 0. The topological polar surface area (TPSA) is 59.2 Å². The molecule has 1 aliphatic rings. The number of pyridine rings is 1. The van der Waals surface area contributed by atoms with Crippen molar-refractivity contribution in [3.63, 3.8) is 0 Å². The van der Waals surface area contributed by atoms with Crippen LogP contribution in [-0.2, 0) is 0 Å². The molecule has 1 aliphatic heterocycles. The average Bonchev–Trinajstić information content (AvgIpc) is 3.06. The smallest absolute Gasteiger partial charge is 0.252 e. The molecule has 0 radical (unpaired) electrons. The Balaban J connectivity index is 1.99. The molecule has 0 saturated carbocycles. The monoisotopic (exact) mass is 287 g/mol. The summed E-state index contributed by atoms with van der Waals surface area (Å²) in [6, 6.07) is 6.57. The molecule has 1 atom stereocenters. The van der Waals surface area contributed by atoms with Gasteiger partial charge in [-0.15, -0.1) is 11.3 Å². The van der Waals surface area contributed by atoms with E-state index in [4.69, 9.17) is 5.73 Å². The Morgan fingerprint density at radius 1 is 1.45 bits per heavy atom. The lowest BCUT2D eigenvalue weighted by molar-refractivity contribution is 0.100. The van der Waals surface area contributed by atoms with Gasteiger partial charge in [-0.1, -0.05) is 0 Å². The van der Waals surface area contributed by atoms with Gasteiger partial charge >= 0.3 is 0 Å². The van der Waals surface area contributed by atoms with Crippen molar-refractivity contribution in [2.75, 3.05) is 11.4 Å². The van der Waals surface area contributed by atoms with Gasteiger partial charge in [-0.05, 0) is 38.0 Å². The van der Waals surface area contributed by atoms with Crippen molar-refractivity contribution in [3.8, 4) is 0 Å². The van der Waals surface area contributed by atoms with Gasteiger partial charge in [0.15, 0.2) is 0 Å². The van der Waals surface area contributed by atoms with Gasteiger partial charge in [0, 0.05) is 28.7 Å². The van der Waals surface area contributed by atoms with Crippen LogP contribution in [0.3, 0.4) is 0 Å². The van der Waals surface area contributed by atoms with Crippen LogP contribution in [0.2, 0.25) is 0 Å². The molecule has 1 unspecified atom stereocenters. The largest absolute Gasteiger partial charge is 0.365 e. The van der Waals surface area contributed by atoms with Gasteiger partial charge in [0.25, 0.3) is 5.91 Å². The molecule has 1 fully saturated rings. The van der Waals surface area contributed by atoms with Crippen LogP contribution in [0, 0.1) is 6.92 Å². The van der Waals surface area contributed by atoms with Crippen molar-refractivity contribution in [2.24, 2.45) is 5.73 Å². The number of amides is 1. The van der Waals surface area contributed by atoms with Crippen molar-refractivity contribution < 1.29 is 4.79 Å². The van der Waals surface area contributed by atoms with Gasteiger partial charge in [-0.25, -0.2) is 0 Å². The zero-order valence-corrected chi connectivity index (χ0v) is 12.2. The summed E-state index contributed by atoms with van der Waals surface area (Å²) < 4.78 is 0. The van der Waals surface area contributed by atoms with E-state index in [1.807, 2.05) is 17.4 Å². The van der Waals surface area contributed by atoms with Crippen LogP contribution < -0.4 is 10.6 Å². The third-order valence-corrected chi connectivity index (χ3v) is 4.82. The maximum absolute atomic E-state index is 11.6. The van der Waals surface area contributed by atoms with Gasteiger partial charge in [0.05, 0.1) is 17.3 Å². The Kier molecular flexibility index (Phi) is 3.44. The Bertz CT molecular complexity index is 638.